The van der Waals surface area contributed by atoms with Gasteiger partial charge in [0.25, 0.3) is 0 Å². The van der Waals surface area contributed by atoms with Gasteiger partial charge in [-0.25, -0.2) is 4.57 Å². The number of hydrogen-bond donors (Lipinski definition) is 1. The molecule has 0 radical (unpaired) electrons. The topological polar surface area (TPSA) is 46.5 Å². The third-order valence-electron chi connectivity index (χ3n) is 1.44. The minimum atomic E-state index is -4.57. The van der Waals surface area contributed by atoms with Crippen molar-refractivity contribution in [2.24, 2.45) is 0 Å². The van der Waals surface area contributed by atoms with E-state index < -0.39 is 24.4 Å². The second-order valence-electron chi connectivity index (χ2n) is 2.97. The molecule has 8 heteroatoms. The highest BCUT2D eigenvalue weighted by molar-refractivity contribution is 7.52. The van der Waals surface area contributed by atoms with Crippen molar-refractivity contribution >= 4 is 18.9 Å². The van der Waals surface area contributed by atoms with Crippen molar-refractivity contribution < 1.29 is 27.2 Å². The lowest BCUT2D eigenvalue weighted by Gasteiger charge is -2.12. The van der Waals surface area contributed by atoms with Crippen molar-refractivity contribution in [2.75, 3.05) is 6.66 Å². The molecule has 0 aromatic carbocycles. The van der Waals surface area contributed by atoms with Crippen molar-refractivity contribution in [1.29, 1.82) is 0 Å². The Balaban J connectivity index is 3.17. The smallest absolute Gasteiger partial charge is 0.423 e. The van der Waals surface area contributed by atoms with Gasteiger partial charge in [-0.05, 0) is 12.3 Å². The first-order valence-corrected chi connectivity index (χ1v) is 6.67. The SMILES string of the molecule is Cc1csc(C(F)(F)F)c1OP(C)(=O)O. The van der Waals surface area contributed by atoms with Crippen LogP contribution in [0.5, 0.6) is 5.75 Å². The minimum Gasteiger partial charge on any atom is -0.423 e. The Morgan fingerprint density at radius 1 is 1.53 bits per heavy atom. The van der Waals surface area contributed by atoms with E-state index in [1.165, 1.54) is 12.3 Å². The van der Waals surface area contributed by atoms with Gasteiger partial charge in [-0.3, -0.25) is 0 Å². The van der Waals surface area contributed by atoms with Crippen LogP contribution in [0.4, 0.5) is 13.2 Å². The predicted molar refractivity (Wildman–Crippen MR) is 50.4 cm³/mol. The standard InChI is InChI=1S/C7H8F3O3PS/c1-4-3-15-6(7(8,9)10)5(4)13-14(2,11)12/h3H,1-2H3,(H,11,12). The zero-order valence-electron chi connectivity index (χ0n) is 7.83. The Morgan fingerprint density at radius 3 is 2.47 bits per heavy atom. The van der Waals surface area contributed by atoms with E-state index in [-0.39, 0.29) is 5.56 Å². The highest BCUT2D eigenvalue weighted by Gasteiger charge is 2.38. The maximum atomic E-state index is 12.4. The van der Waals surface area contributed by atoms with Crippen molar-refractivity contribution in [1.82, 2.24) is 0 Å². The Morgan fingerprint density at radius 2 is 2.07 bits per heavy atom. The summed E-state index contributed by atoms with van der Waals surface area (Å²) in [7, 11) is -3.97. The van der Waals surface area contributed by atoms with Crippen molar-refractivity contribution in [3.8, 4) is 5.75 Å². The van der Waals surface area contributed by atoms with E-state index in [2.05, 4.69) is 4.52 Å². The van der Waals surface area contributed by atoms with Crippen LogP contribution in [0.2, 0.25) is 0 Å². The molecular formula is C7H8F3O3PS. The van der Waals surface area contributed by atoms with Gasteiger partial charge >= 0.3 is 13.8 Å². The lowest BCUT2D eigenvalue weighted by Crippen LogP contribution is -2.04. The quantitative estimate of drug-likeness (QED) is 0.830. The summed E-state index contributed by atoms with van der Waals surface area (Å²) >= 11 is 0.442. The summed E-state index contributed by atoms with van der Waals surface area (Å²) in [5.41, 5.74) is 0.198. The van der Waals surface area contributed by atoms with Crippen molar-refractivity contribution in [2.45, 2.75) is 13.1 Å². The number of thiophene rings is 1. The molecule has 0 saturated carbocycles. The van der Waals surface area contributed by atoms with Gasteiger partial charge in [-0.15, -0.1) is 11.3 Å². The molecule has 0 amide bonds. The van der Waals surface area contributed by atoms with Gasteiger partial charge in [0.2, 0.25) is 0 Å². The largest absolute Gasteiger partial charge is 0.429 e. The van der Waals surface area contributed by atoms with Gasteiger partial charge in [0.05, 0.1) is 0 Å². The number of aryl methyl sites for hydroxylation is 1. The number of hydrogen-bond acceptors (Lipinski definition) is 3. The van der Waals surface area contributed by atoms with Gasteiger partial charge in [-0.2, -0.15) is 13.2 Å². The molecule has 0 bridgehead atoms. The molecule has 86 valence electrons. The normalized spacial score (nSPS) is 16.1. The summed E-state index contributed by atoms with van der Waals surface area (Å²) in [6.45, 7) is 2.22. The summed E-state index contributed by atoms with van der Waals surface area (Å²) < 4.78 is 52.5. The van der Waals surface area contributed by atoms with Gasteiger partial charge in [-0.1, -0.05) is 0 Å². The Labute approximate surface area is 88.0 Å². The van der Waals surface area contributed by atoms with Crippen LogP contribution in [0, 0.1) is 6.92 Å². The zero-order chi connectivity index (χ0) is 11.9. The average Bonchev–Trinajstić information content (AvgIpc) is 2.28. The molecule has 0 aliphatic heterocycles. The summed E-state index contributed by atoms with van der Waals surface area (Å²) in [5, 5.41) is 1.23. The van der Waals surface area contributed by atoms with Crippen molar-refractivity contribution in [3.63, 3.8) is 0 Å². The molecule has 1 N–H and O–H groups in total. The fraction of sp³-hybridized carbons (Fsp3) is 0.429. The first-order valence-electron chi connectivity index (χ1n) is 3.76. The van der Waals surface area contributed by atoms with Gasteiger partial charge in [0.15, 0.2) is 10.6 Å². The van der Waals surface area contributed by atoms with Crippen LogP contribution in [0.1, 0.15) is 10.4 Å². The van der Waals surface area contributed by atoms with Crippen LogP contribution in [0.25, 0.3) is 0 Å². The molecule has 3 nitrogen and oxygen atoms in total. The highest BCUT2D eigenvalue weighted by Crippen LogP contribution is 2.48. The van der Waals surface area contributed by atoms with Crippen LogP contribution < -0.4 is 4.52 Å². The molecule has 1 heterocycles. The fourth-order valence-electron chi connectivity index (χ4n) is 0.912. The molecule has 0 fully saturated rings. The van der Waals surface area contributed by atoms with Crippen LogP contribution in [-0.4, -0.2) is 11.6 Å². The van der Waals surface area contributed by atoms with E-state index in [9.17, 15) is 17.7 Å². The van der Waals surface area contributed by atoms with Crippen LogP contribution >= 0.6 is 18.9 Å². The molecule has 0 aliphatic rings. The molecule has 1 unspecified atom stereocenters. The lowest BCUT2D eigenvalue weighted by molar-refractivity contribution is -0.135. The third kappa shape index (κ3) is 3.22. The maximum Gasteiger partial charge on any atom is 0.429 e. The van der Waals surface area contributed by atoms with Crippen molar-refractivity contribution in [3.05, 3.63) is 15.8 Å². The van der Waals surface area contributed by atoms with Gasteiger partial charge < -0.3 is 9.42 Å². The maximum absolute atomic E-state index is 12.4. The number of halogens is 3. The third-order valence-corrected chi connectivity index (χ3v) is 3.08. The molecule has 0 aliphatic carbocycles. The number of rotatable bonds is 2. The number of alkyl halides is 3. The van der Waals surface area contributed by atoms with Crippen LogP contribution in [0.3, 0.4) is 0 Å². The van der Waals surface area contributed by atoms with E-state index in [0.717, 1.165) is 6.66 Å². The molecule has 1 atom stereocenters. The van der Waals surface area contributed by atoms with E-state index in [4.69, 9.17) is 4.89 Å². The van der Waals surface area contributed by atoms with E-state index >= 15 is 0 Å². The summed E-state index contributed by atoms with van der Waals surface area (Å²) in [5.74, 6) is -0.555. The fourth-order valence-corrected chi connectivity index (χ4v) is 2.39. The van der Waals surface area contributed by atoms with E-state index in [1.807, 2.05) is 0 Å². The van der Waals surface area contributed by atoms with E-state index in [0.29, 0.717) is 11.3 Å². The molecule has 1 rings (SSSR count). The molecular weight excluding hydrogens is 252 g/mol. The summed E-state index contributed by atoms with van der Waals surface area (Å²) in [4.78, 5) is 7.88. The monoisotopic (exact) mass is 260 g/mol. The first-order chi connectivity index (χ1) is 6.61. The Bertz CT molecular complexity index is 406. The zero-order valence-corrected chi connectivity index (χ0v) is 9.54. The highest BCUT2D eigenvalue weighted by atomic mass is 32.1. The molecule has 0 spiro atoms. The molecule has 1 aromatic rings. The Kier molecular flexibility index (Phi) is 3.19. The molecule has 0 saturated heterocycles. The summed E-state index contributed by atoms with van der Waals surface area (Å²) in [6.07, 6.45) is -4.57. The molecule has 15 heavy (non-hydrogen) atoms. The van der Waals surface area contributed by atoms with Crippen LogP contribution in [0.15, 0.2) is 5.38 Å². The van der Waals surface area contributed by atoms with Gasteiger partial charge in [0, 0.05) is 12.2 Å². The average molecular weight is 260 g/mol. The second-order valence-corrected chi connectivity index (χ2v) is 5.64. The second kappa shape index (κ2) is 3.81. The van der Waals surface area contributed by atoms with Gasteiger partial charge in [0.1, 0.15) is 0 Å². The van der Waals surface area contributed by atoms with Crippen LogP contribution in [-0.2, 0) is 10.7 Å². The predicted octanol–water partition coefficient (Wildman–Crippen LogP) is 3.27. The van der Waals surface area contributed by atoms with E-state index in [1.54, 1.807) is 0 Å². The molecule has 1 aromatic heterocycles. The lowest BCUT2D eigenvalue weighted by atomic mass is 10.3. The first kappa shape index (κ1) is 12.5. The Hall–Kier alpha value is -0.520. The minimum absolute atomic E-state index is 0.198. The summed E-state index contributed by atoms with van der Waals surface area (Å²) in [6, 6.07) is 0.